The third-order valence-electron chi connectivity index (χ3n) is 10.2. The van der Waals surface area contributed by atoms with Crippen molar-refractivity contribution < 1.29 is 52.6 Å². The molecule has 54 heavy (non-hydrogen) atoms. The summed E-state index contributed by atoms with van der Waals surface area (Å²) in [5.41, 5.74) is 2.79. The molecule has 13 heteroatoms. The number of hydrogen-bond acceptors (Lipinski definition) is 11. The molecular weight excluding hydrogens is 823 g/mol. The molecule has 2 aliphatic heterocycles. The first kappa shape index (κ1) is 42.9. The van der Waals surface area contributed by atoms with E-state index in [1.165, 1.54) is 6.92 Å². The zero-order valence-corrected chi connectivity index (χ0v) is 35.1. The van der Waals surface area contributed by atoms with Crippen LogP contribution in [0.2, 0.25) is 18.1 Å². The Balaban J connectivity index is 1.45. The summed E-state index contributed by atoms with van der Waals surface area (Å²) in [7, 11) is -2.41. The molecule has 0 bridgehead atoms. The highest BCUT2D eigenvalue weighted by molar-refractivity contribution is 14.1. The number of benzene rings is 3. The van der Waals surface area contributed by atoms with Gasteiger partial charge < -0.3 is 47.8 Å². The molecule has 5 rings (SSSR count). The molecule has 2 N–H and O–H groups in total. The maximum atomic E-state index is 12.0. The van der Waals surface area contributed by atoms with E-state index >= 15 is 0 Å². The minimum absolute atomic E-state index is 0.0440. The highest BCUT2D eigenvalue weighted by Gasteiger charge is 2.54. The first-order valence-electron chi connectivity index (χ1n) is 18.4. The van der Waals surface area contributed by atoms with E-state index in [4.69, 9.17) is 37.6 Å². The molecule has 2 saturated heterocycles. The van der Waals surface area contributed by atoms with E-state index in [2.05, 4.69) is 56.5 Å². The van der Waals surface area contributed by atoms with Crippen molar-refractivity contribution in [3.05, 3.63) is 108 Å². The predicted molar refractivity (Wildman–Crippen MR) is 213 cm³/mol. The lowest BCUT2D eigenvalue weighted by Crippen LogP contribution is -2.65. The number of ether oxygens (including phenoxy) is 7. The van der Waals surface area contributed by atoms with E-state index in [1.54, 1.807) is 0 Å². The zero-order chi connectivity index (χ0) is 38.9. The minimum atomic E-state index is -2.41. The van der Waals surface area contributed by atoms with E-state index in [0.717, 1.165) is 16.7 Å². The van der Waals surface area contributed by atoms with Gasteiger partial charge >= 0.3 is 5.97 Å². The number of rotatable bonds is 16. The number of esters is 1. The van der Waals surface area contributed by atoms with E-state index in [-0.39, 0.29) is 31.5 Å². The Labute approximate surface area is 333 Å². The Bertz CT molecular complexity index is 1560. The number of alkyl halides is 1. The molecule has 2 aliphatic rings. The number of carbonyl (C=O) groups excluding carboxylic acids is 1. The number of aliphatic hydroxyl groups is 2. The Morgan fingerprint density at radius 3 is 1.74 bits per heavy atom. The number of hydrogen-bond donors (Lipinski definition) is 2. The molecule has 0 amide bonds. The minimum Gasteiger partial charge on any atom is -0.463 e. The van der Waals surface area contributed by atoms with Crippen LogP contribution in [0.3, 0.4) is 0 Å². The van der Waals surface area contributed by atoms with Crippen LogP contribution in [-0.2, 0) is 62.2 Å². The van der Waals surface area contributed by atoms with E-state index in [0.29, 0.717) is 6.61 Å². The molecule has 0 radical (unpaired) electrons. The molecule has 2 heterocycles. The summed E-state index contributed by atoms with van der Waals surface area (Å²) in [6, 6.07) is 29.1. The Morgan fingerprint density at radius 2 is 1.22 bits per heavy atom. The van der Waals surface area contributed by atoms with Crippen LogP contribution in [0.25, 0.3) is 0 Å². The zero-order valence-electron chi connectivity index (χ0n) is 31.9. The molecule has 0 unspecified atom stereocenters. The lowest BCUT2D eigenvalue weighted by molar-refractivity contribution is -0.346. The number of halogens is 1. The van der Waals surface area contributed by atoms with Crippen molar-refractivity contribution in [2.24, 2.45) is 0 Å². The van der Waals surface area contributed by atoms with Gasteiger partial charge in [-0.05, 0) is 34.8 Å². The molecule has 3 aromatic carbocycles. The maximum absolute atomic E-state index is 12.0. The smallest absolute Gasteiger partial charge is 0.302 e. The van der Waals surface area contributed by atoms with Crippen molar-refractivity contribution in [2.45, 2.75) is 125 Å². The molecule has 10 atom stereocenters. The predicted octanol–water partition coefficient (Wildman–Crippen LogP) is 6.32. The summed E-state index contributed by atoms with van der Waals surface area (Å²) < 4.78 is 50.4. The van der Waals surface area contributed by atoms with Gasteiger partial charge in [-0.15, -0.1) is 0 Å². The van der Waals surface area contributed by atoms with Crippen LogP contribution in [0.15, 0.2) is 91.0 Å². The van der Waals surface area contributed by atoms with E-state index in [1.807, 2.05) is 91.0 Å². The van der Waals surface area contributed by atoms with Gasteiger partial charge in [0.15, 0.2) is 20.9 Å². The van der Waals surface area contributed by atoms with Crippen LogP contribution >= 0.6 is 22.6 Å². The molecule has 2 fully saturated rings. The van der Waals surface area contributed by atoms with Crippen LogP contribution in [0.1, 0.15) is 44.4 Å². The fourth-order valence-corrected chi connectivity index (χ4v) is 8.18. The summed E-state index contributed by atoms with van der Waals surface area (Å²) in [6.45, 7) is 12.5. The molecular formula is C41H55IO11Si. The number of aliphatic hydroxyl groups excluding tert-OH is 2. The first-order chi connectivity index (χ1) is 25.7. The van der Waals surface area contributed by atoms with E-state index < -0.39 is 73.5 Å². The fraction of sp³-hybridized carbons (Fsp3) is 0.537. The van der Waals surface area contributed by atoms with Crippen LogP contribution in [-0.4, -0.2) is 96.9 Å². The van der Waals surface area contributed by atoms with Crippen molar-refractivity contribution in [3.8, 4) is 0 Å². The van der Waals surface area contributed by atoms with Crippen LogP contribution in [0, 0.1) is 0 Å². The molecule has 11 nitrogen and oxygen atoms in total. The maximum Gasteiger partial charge on any atom is 0.302 e. The highest BCUT2D eigenvalue weighted by Crippen LogP contribution is 2.41. The largest absolute Gasteiger partial charge is 0.463 e. The highest BCUT2D eigenvalue weighted by atomic mass is 127. The first-order valence-corrected chi connectivity index (χ1v) is 22.6. The van der Waals surface area contributed by atoms with Crippen LogP contribution in [0.4, 0.5) is 0 Å². The topological polar surface area (TPSA) is 131 Å². The van der Waals surface area contributed by atoms with Gasteiger partial charge in [-0.3, -0.25) is 4.79 Å². The summed E-state index contributed by atoms with van der Waals surface area (Å²) in [6.07, 6.45) is -8.67. The molecule has 3 aromatic rings. The Kier molecular flexibility index (Phi) is 15.7. The van der Waals surface area contributed by atoms with Gasteiger partial charge in [0.25, 0.3) is 0 Å². The van der Waals surface area contributed by atoms with Gasteiger partial charge in [-0.25, -0.2) is 0 Å². The Morgan fingerprint density at radius 1 is 0.722 bits per heavy atom. The second-order valence-electron chi connectivity index (χ2n) is 15.3. The van der Waals surface area contributed by atoms with Crippen LogP contribution in [0.5, 0.6) is 0 Å². The molecule has 296 valence electrons. The van der Waals surface area contributed by atoms with Crippen molar-refractivity contribution in [1.29, 1.82) is 0 Å². The monoisotopic (exact) mass is 878 g/mol. The third-order valence-corrected chi connectivity index (χ3v) is 15.9. The van der Waals surface area contributed by atoms with Crippen molar-refractivity contribution in [1.82, 2.24) is 0 Å². The van der Waals surface area contributed by atoms with Gasteiger partial charge in [-0.1, -0.05) is 134 Å². The normalized spacial score (nSPS) is 29.1. The lowest BCUT2D eigenvalue weighted by atomic mass is 9.97. The summed E-state index contributed by atoms with van der Waals surface area (Å²) >= 11 is 2.13. The molecule has 0 aromatic heterocycles. The standard InChI is InChI=1S/C41H55IO11Si/c1-27(43)47-26-32-35(53-54(5,6)41(2,3)4)34(44)33(42)40(51-32)52-36-31(25-46-22-28-16-10-7-11-17-28)50-39(45)38(49-24-30-20-14-9-15-21-30)37(36)48-23-29-18-12-8-13-19-29/h7-21,31-40,44-45H,22-26H2,1-6H3/t31-,32-,33-,34-,35-,36-,37+,38-,39+,40+/m1/s1. The second-order valence-corrected chi connectivity index (χ2v) is 21.5. The lowest BCUT2D eigenvalue weighted by Gasteiger charge is -2.50. The van der Waals surface area contributed by atoms with Gasteiger partial charge in [-0.2, -0.15) is 0 Å². The average Bonchev–Trinajstić information content (AvgIpc) is 3.14. The van der Waals surface area contributed by atoms with Crippen molar-refractivity contribution in [3.63, 3.8) is 0 Å². The molecule has 0 saturated carbocycles. The molecule has 0 spiro atoms. The summed E-state index contributed by atoms with van der Waals surface area (Å²) in [4.78, 5) is 12.0. The molecule has 0 aliphatic carbocycles. The SMILES string of the molecule is CC(=O)OC[C@H]1O[C@@H](O[C@H]2[C@H](OCc3ccccc3)[C@@H](OCc3ccccc3)[C@@H](O)O[C@@H]2COCc2ccccc2)[C@H](I)[C@@H](O)[C@@H]1O[Si](C)(C)C(C)(C)C. The van der Waals surface area contributed by atoms with Gasteiger partial charge in [0.05, 0.1) is 36.5 Å². The second kappa shape index (κ2) is 19.7. The van der Waals surface area contributed by atoms with Gasteiger partial charge in [0.2, 0.25) is 0 Å². The van der Waals surface area contributed by atoms with E-state index in [9.17, 15) is 15.0 Å². The summed E-state index contributed by atoms with van der Waals surface area (Å²) in [5.74, 6) is -0.480. The fourth-order valence-electron chi connectivity index (χ4n) is 6.11. The average molecular weight is 879 g/mol. The van der Waals surface area contributed by atoms with Gasteiger partial charge in [0.1, 0.15) is 43.2 Å². The van der Waals surface area contributed by atoms with Gasteiger partial charge in [0, 0.05) is 6.92 Å². The van der Waals surface area contributed by atoms with Crippen molar-refractivity contribution in [2.75, 3.05) is 13.2 Å². The van der Waals surface area contributed by atoms with Crippen LogP contribution < -0.4 is 0 Å². The summed E-state index contributed by atoms with van der Waals surface area (Å²) in [5, 5.41) is 23.3. The Hall–Kier alpha value is -2.28. The number of carbonyl (C=O) groups is 1. The quantitative estimate of drug-likeness (QED) is 0.0726. The third kappa shape index (κ3) is 11.6. The van der Waals surface area contributed by atoms with Crippen molar-refractivity contribution >= 4 is 36.9 Å².